The first kappa shape index (κ1) is 11.6. The van der Waals surface area contributed by atoms with Gasteiger partial charge in [0, 0.05) is 42.8 Å². The van der Waals surface area contributed by atoms with Crippen LogP contribution < -0.4 is 5.32 Å². The molecule has 0 aromatic carbocycles. The van der Waals surface area contributed by atoms with Crippen molar-refractivity contribution in [1.82, 2.24) is 15.3 Å². The molecule has 84 valence electrons. The molecule has 0 aliphatic carbocycles. The van der Waals surface area contributed by atoms with Crippen LogP contribution in [0.2, 0.25) is 0 Å². The second kappa shape index (κ2) is 6.62. The Bertz CT molecular complexity index is 389. The quantitative estimate of drug-likeness (QED) is 0.632. The number of hydrogen-bond acceptors (Lipinski definition) is 5. The van der Waals surface area contributed by atoms with E-state index in [0.29, 0.717) is 0 Å². The van der Waals surface area contributed by atoms with Crippen molar-refractivity contribution in [2.45, 2.75) is 10.9 Å². The number of pyridine rings is 1. The van der Waals surface area contributed by atoms with E-state index in [1.54, 1.807) is 29.3 Å². The molecule has 0 spiro atoms. The molecule has 2 rings (SSSR count). The molecule has 0 bridgehead atoms. The van der Waals surface area contributed by atoms with Crippen molar-refractivity contribution in [3.8, 4) is 0 Å². The van der Waals surface area contributed by atoms with Crippen LogP contribution in [0, 0.1) is 0 Å². The third kappa shape index (κ3) is 3.92. The van der Waals surface area contributed by atoms with Gasteiger partial charge >= 0.3 is 0 Å². The van der Waals surface area contributed by atoms with Gasteiger partial charge in [-0.05, 0) is 11.6 Å². The van der Waals surface area contributed by atoms with Gasteiger partial charge in [0.1, 0.15) is 4.34 Å². The second-order valence-electron chi connectivity index (χ2n) is 3.18. The number of hydrogen-bond donors (Lipinski definition) is 1. The highest BCUT2D eigenvalue weighted by molar-refractivity contribution is 8.01. The Balaban J connectivity index is 1.59. The summed E-state index contributed by atoms with van der Waals surface area (Å²) in [7, 11) is 0. The third-order valence-corrected chi connectivity index (χ3v) is 3.93. The molecular formula is C11H13N3S2. The highest BCUT2D eigenvalue weighted by Crippen LogP contribution is 2.19. The van der Waals surface area contributed by atoms with Crippen molar-refractivity contribution in [1.29, 1.82) is 0 Å². The summed E-state index contributed by atoms with van der Waals surface area (Å²) in [5, 5.41) is 5.39. The summed E-state index contributed by atoms with van der Waals surface area (Å²) in [6.07, 6.45) is 5.53. The van der Waals surface area contributed by atoms with E-state index < -0.39 is 0 Å². The number of aromatic nitrogens is 2. The first-order chi connectivity index (χ1) is 7.95. The summed E-state index contributed by atoms with van der Waals surface area (Å²) in [6, 6.07) is 4.04. The number of thioether (sulfide) groups is 1. The normalized spacial score (nSPS) is 10.5. The van der Waals surface area contributed by atoms with Gasteiger partial charge in [-0.1, -0.05) is 17.8 Å². The molecule has 16 heavy (non-hydrogen) atoms. The van der Waals surface area contributed by atoms with Crippen molar-refractivity contribution < 1.29 is 0 Å². The second-order valence-corrected chi connectivity index (χ2v) is 5.42. The fraction of sp³-hybridized carbons (Fsp3) is 0.273. The number of thiazole rings is 1. The first-order valence-corrected chi connectivity index (χ1v) is 6.93. The molecule has 2 aromatic rings. The zero-order valence-electron chi connectivity index (χ0n) is 8.80. The molecule has 1 N–H and O–H groups in total. The minimum Gasteiger partial charge on any atom is -0.312 e. The van der Waals surface area contributed by atoms with Gasteiger partial charge in [0.15, 0.2) is 0 Å². The van der Waals surface area contributed by atoms with Gasteiger partial charge in [-0.2, -0.15) is 0 Å². The Morgan fingerprint density at radius 3 is 3.12 bits per heavy atom. The fourth-order valence-electron chi connectivity index (χ4n) is 1.23. The van der Waals surface area contributed by atoms with E-state index in [9.17, 15) is 0 Å². The lowest BCUT2D eigenvalue weighted by Gasteiger charge is -2.02. The number of nitrogens with one attached hydrogen (secondary N) is 1. The number of nitrogens with zero attached hydrogens (tertiary/aromatic N) is 2. The lowest BCUT2D eigenvalue weighted by Crippen LogP contribution is -2.16. The van der Waals surface area contributed by atoms with Crippen LogP contribution in [0.1, 0.15) is 5.56 Å². The Morgan fingerprint density at radius 1 is 1.38 bits per heavy atom. The topological polar surface area (TPSA) is 37.8 Å². The van der Waals surface area contributed by atoms with Crippen LogP contribution >= 0.6 is 23.1 Å². The molecule has 0 saturated heterocycles. The summed E-state index contributed by atoms with van der Waals surface area (Å²) >= 11 is 3.48. The average Bonchev–Trinajstić information content (AvgIpc) is 2.83. The van der Waals surface area contributed by atoms with Crippen LogP contribution in [-0.4, -0.2) is 22.3 Å². The van der Waals surface area contributed by atoms with E-state index in [1.807, 2.05) is 23.8 Å². The van der Waals surface area contributed by atoms with Crippen molar-refractivity contribution in [2.24, 2.45) is 0 Å². The van der Waals surface area contributed by atoms with Crippen LogP contribution in [-0.2, 0) is 6.54 Å². The lowest BCUT2D eigenvalue weighted by atomic mass is 10.3. The highest BCUT2D eigenvalue weighted by atomic mass is 32.2. The van der Waals surface area contributed by atoms with E-state index in [0.717, 1.165) is 23.2 Å². The van der Waals surface area contributed by atoms with Gasteiger partial charge in [0.05, 0.1) is 0 Å². The van der Waals surface area contributed by atoms with Gasteiger partial charge in [-0.25, -0.2) is 4.98 Å². The molecule has 0 atom stereocenters. The Hall–Kier alpha value is -0.910. The van der Waals surface area contributed by atoms with Gasteiger partial charge in [0.25, 0.3) is 0 Å². The van der Waals surface area contributed by atoms with Crippen LogP contribution in [0.4, 0.5) is 0 Å². The Morgan fingerprint density at radius 2 is 2.38 bits per heavy atom. The summed E-state index contributed by atoms with van der Waals surface area (Å²) < 4.78 is 1.14. The zero-order chi connectivity index (χ0) is 11.1. The lowest BCUT2D eigenvalue weighted by molar-refractivity contribution is 0.729. The van der Waals surface area contributed by atoms with Gasteiger partial charge in [-0.3, -0.25) is 4.98 Å². The summed E-state index contributed by atoms with van der Waals surface area (Å²) in [6.45, 7) is 1.87. The molecule has 0 fully saturated rings. The molecule has 0 aliphatic heterocycles. The van der Waals surface area contributed by atoms with E-state index >= 15 is 0 Å². The monoisotopic (exact) mass is 251 g/mol. The Labute approximate surface area is 103 Å². The molecule has 0 radical (unpaired) electrons. The average molecular weight is 251 g/mol. The molecule has 0 saturated carbocycles. The standard InChI is InChI=1S/C11H13N3S2/c1-2-10(8-12-3-1)9-13-4-6-15-11-14-5-7-16-11/h1-3,5,7-8,13H,4,6,9H2. The summed E-state index contributed by atoms with van der Waals surface area (Å²) in [5.41, 5.74) is 1.22. The largest absolute Gasteiger partial charge is 0.312 e. The van der Waals surface area contributed by atoms with Gasteiger partial charge in [0.2, 0.25) is 0 Å². The Kier molecular flexibility index (Phi) is 4.79. The molecule has 0 aliphatic rings. The molecule has 0 unspecified atom stereocenters. The number of rotatable bonds is 6. The summed E-state index contributed by atoms with van der Waals surface area (Å²) in [4.78, 5) is 8.29. The smallest absolute Gasteiger partial charge is 0.149 e. The predicted molar refractivity (Wildman–Crippen MR) is 68.8 cm³/mol. The van der Waals surface area contributed by atoms with Crippen LogP contribution in [0.5, 0.6) is 0 Å². The van der Waals surface area contributed by atoms with Crippen molar-refractivity contribution >= 4 is 23.1 Å². The predicted octanol–water partition coefficient (Wildman–Crippen LogP) is 2.42. The minimum absolute atomic E-state index is 0.881. The fourth-order valence-corrected chi connectivity index (χ4v) is 2.83. The maximum absolute atomic E-state index is 4.22. The first-order valence-electron chi connectivity index (χ1n) is 5.07. The van der Waals surface area contributed by atoms with E-state index in [-0.39, 0.29) is 0 Å². The molecule has 2 aromatic heterocycles. The molecule has 5 heteroatoms. The zero-order valence-corrected chi connectivity index (χ0v) is 10.4. The summed E-state index contributed by atoms with van der Waals surface area (Å²) in [5.74, 6) is 1.05. The van der Waals surface area contributed by atoms with Crippen LogP contribution in [0.3, 0.4) is 0 Å². The van der Waals surface area contributed by atoms with Crippen molar-refractivity contribution in [2.75, 3.05) is 12.3 Å². The van der Waals surface area contributed by atoms with Gasteiger partial charge in [-0.15, -0.1) is 11.3 Å². The van der Waals surface area contributed by atoms with E-state index in [4.69, 9.17) is 0 Å². The highest BCUT2D eigenvalue weighted by Gasteiger charge is 1.96. The molecule has 2 heterocycles. The third-order valence-electron chi connectivity index (χ3n) is 1.97. The molecule has 3 nitrogen and oxygen atoms in total. The maximum atomic E-state index is 4.22. The maximum Gasteiger partial charge on any atom is 0.149 e. The van der Waals surface area contributed by atoms with E-state index in [1.165, 1.54) is 5.56 Å². The molecule has 0 amide bonds. The van der Waals surface area contributed by atoms with Crippen molar-refractivity contribution in [3.05, 3.63) is 41.7 Å². The van der Waals surface area contributed by atoms with Gasteiger partial charge < -0.3 is 5.32 Å². The molecular weight excluding hydrogens is 238 g/mol. The minimum atomic E-state index is 0.881. The SMILES string of the molecule is c1cncc(CNCCSc2nccs2)c1. The van der Waals surface area contributed by atoms with Crippen LogP contribution in [0.15, 0.2) is 40.4 Å². The van der Waals surface area contributed by atoms with Crippen LogP contribution in [0.25, 0.3) is 0 Å². The van der Waals surface area contributed by atoms with Crippen molar-refractivity contribution in [3.63, 3.8) is 0 Å². The van der Waals surface area contributed by atoms with E-state index in [2.05, 4.69) is 21.4 Å².